The van der Waals surface area contributed by atoms with Crippen LogP contribution in [0.3, 0.4) is 0 Å². The number of aromatic hydroxyl groups is 1. The molecule has 2 aromatic heterocycles. The molecule has 4 rings (SSSR count). The van der Waals surface area contributed by atoms with Crippen LogP contribution in [-0.2, 0) is 0 Å². The summed E-state index contributed by atoms with van der Waals surface area (Å²) in [7, 11) is 0. The van der Waals surface area contributed by atoms with Crippen molar-refractivity contribution in [2.45, 2.75) is 13.8 Å². The summed E-state index contributed by atoms with van der Waals surface area (Å²) in [6.45, 7) is 4.02. The van der Waals surface area contributed by atoms with Gasteiger partial charge in [0.25, 0.3) is 5.56 Å². The Morgan fingerprint density at radius 3 is 2.64 bits per heavy atom. The monoisotopic (exact) mass is 408 g/mol. The molecule has 2 N–H and O–H groups in total. The molecule has 0 bridgehead atoms. The number of aryl methyl sites for hydroxylation is 2. The van der Waals surface area contributed by atoms with E-state index in [1.54, 1.807) is 24.3 Å². The number of nitrogens with one attached hydrogen (secondary N) is 1. The Balaban J connectivity index is 1.84. The van der Waals surface area contributed by atoms with Gasteiger partial charge in [-0.2, -0.15) is 0 Å². The van der Waals surface area contributed by atoms with Crippen LogP contribution >= 0.6 is 22.9 Å². The van der Waals surface area contributed by atoms with Gasteiger partial charge >= 0.3 is 0 Å². The number of phenols is 1. The molecule has 0 fully saturated rings. The highest BCUT2D eigenvalue weighted by atomic mass is 35.5. The lowest BCUT2D eigenvalue weighted by atomic mass is 10.0. The lowest BCUT2D eigenvalue weighted by Crippen LogP contribution is -2.10. The third-order valence-corrected chi connectivity index (χ3v) is 5.76. The van der Waals surface area contributed by atoms with Crippen LogP contribution in [0.5, 0.6) is 5.75 Å². The number of H-pyrrole nitrogens is 1. The summed E-state index contributed by atoms with van der Waals surface area (Å²) < 4.78 is 0. The van der Waals surface area contributed by atoms with Gasteiger partial charge in [0, 0.05) is 10.4 Å². The van der Waals surface area contributed by atoms with Crippen molar-refractivity contribution in [1.29, 1.82) is 0 Å². The summed E-state index contributed by atoms with van der Waals surface area (Å²) in [5, 5.41) is 10.5. The minimum absolute atomic E-state index is 0.145. The van der Waals surface area contributed by atoms with Crippen LogP contribution in [0.2, 0.25) is 0 Å². The molecule has 0 atom stereocenters. The highest BCUT2D eigenvalue weighted by Gasteiger charge is 2.17. The van der Waals surface area contributed by atoms with Gasteiger partial charge in [-0.25, -0.2) is 4.98 Å². The second kappa shape index (κ2) is 7.26. The Labute approximate surface area is 170 Å². The van der Waals surface area contributed by atoms with Crippen LogP contribution in [0.1, 0.15) is 21.8 Å². The summed E-state index contributed by atoms with van der Waals surface area (Å²) in [5.41, 5.74) is 3.57. The van der Waals surface area contributed by atoms with E-state index in [-0.39, 0.29) is 11.3 Å². The average Bonchev–Trinajstić information content (AvgIpc) is 2.99. The molecule has 0 spiro atoms. The Kier molecular flexibility index (Phi) is 4.79. The van der Waals surface area contributed by atoms with E-state index in [2.05, 4.69) is 9.97 Å². The van der Waals surface area contributed by atoms with Crippen LogP contribution in [0.4, 0.5) is 0 Å². The summed E-state index contributed by atoms with van der Waals surface area (Å²) in [4.78, 5) is 21.9. The Hall–Kier alpha value is -2.89. The van der Waals surface area contributed by atoms with E-state index in [4.69, 9.17) is 11.6 Å². The number of hydrogen-bond donors (Lipinski definition) is 2. The van der Waals surface area contributed by atoms with Crippen molar-refractivity contribution in [3.05, 3.63) is 80.7 Å². The van der Waals surface area contributed by atoms with Gasteiger partial charge in [-0.05, 0) is 43.2 Å². The zero-order chi connectivity index (χ0) is 19.8. The van der Waals surface area contributed by atoms with E-state index in [0.29, 0.717) is 21.1 Å². The smallest absolute Gasteiger partial charge is 0.260 e. The lowest BCUT2D eigenvalue weighted by molar-refractivity contribution is 0.475. The minimum atomic E-state index is -0.220. The number of thiophene rings is 1. The quantitative estimate of drug-likeness (QED) is 0.456. The van der Waals surface area contributed by atoms with E-state index < -0.39 is 0 Å². The molecule has 0 amide bonds. The molecule has 0 aliphatic carbocycles. The molecule has 4 aromatic rings. The van der Waals surface area contributed by atoms with Crippen LogP contribution in [0.15, 0.2) is 53.3 Å². The third-order valence-electron chi connectivity index (χ3n) is 4.47. The molecular weight excluding hydrogens is 392 g/mol. The fraction of sp³-hybridized carbons (Fsp3) is 0.0909. The molecule has 0 saturated heterocycles. The summed E-state index contributed by atoms with van der Waals surface area (Å²) in [6.07, 6.45) is 1.66. The normalized spacial score (nSPS) is 11.9. The second-order valence-electron chi connectivity index (χ2n) is 6.58. The first-order valence-corrected chi connectivity index (χ1v) is 9.89. The summed E-state index contributed by atoms with van der Waals surface area (Å²) in [6, 6.07) is 14.8. The first-order chi connectivity index (χ1) is 13.4. The molecule has 0 aliphatic heterocycles. The molecule has 0 saturated carbocycles. The third kappa shape index (κ3) is 3.46. The molecule has 4 nitrogen and oxygen atoms in total. The molecule has 140 valence electrons. The van der Waals surface area contributed by atoms with Gasteiger partial charge in [0.05, 0.1) is 10.4 Å². The van der Waals surface area contributed by atoms with Crippen molar-refractivity contribution < 1.29 is 5.11 Å². The van der Waals surface area contributed by atoms with Crippen molar-refractivity contribution in [3.8, 4) is 16.9 Å². The fourth-order valence-corrected chi connectivity index (χ4v) is 4.39. The molecule has 0 unspecified atom stereocenters. The maximum atomic E-state index is 12.9. The molecule has 0 aliphatic rings. The predicted octanol–water partition coefficient (Wildman–Crippen LogP) is 5.71. The topological polar surface area (TPSA) is 66.0 Å². The number of benzene rings is 2. The average molecular weight is 409 g/mol. The van der Waals surface area contributed by atoms with Gasteiger partial charge < -0.3 is 10.1 Å². The van der Waals surface area contributed by atoms with E-state index >= 15 is 0 Å². The van der Waals surface area contributed by atoms with Gasteiger partial charge in [0.1, 0.15) is 10.6 Å². The standard InChI is InChI=1S/C22H17ClN2O2S/c1-12-6-8-15(9-7-12)18-13(2)28-22-19(18)21(27)24-20(25-22)17(23)11-14-4-3-5-16(26)10-14/h3-11,26H,1-2H3,(H,24,25,27)/b17-11-. The first kappa shape index (κ1) is 18.5. The number of nitrogens with zero attached hydrogens (tertiary/aromatic N) is 1. The van der Waals surface area contributed by atoms with Gasteiger partial charge in [-0.3, -0.25) is 4.79 Å². The van der Waals surface area contributed by atoms with Gasteiger partial charge in [-0.1, -0.05) is 53.6 Å². The maximum Gasteiger partial charge on any atom is 0.260 e. The first-order valence-electron chi connectivity index (χ1n) is 8.69. The molecule has 28 heavy (non-hydrogen) atoms. The molecule has 2 aromatic carbocycles. The van der Waals surface area contributed by atoms with Gasteiger partial charge in [-0.15, -0.1) is 11.3 Å². The van der Waals surface area contributed by atoms with Crippen molar-refractivity contribution >= 4 is 44.3 Å². The second-order valence-corrected chi connectivity index (χ2v) is 8.19. The highest BCUT2D eigenvalue weighted by molar-refractivity contribution is 7.19. The molecular formula is C22H17ClN2O2S. The van der Waals surface area contributed by atoms with Crippen molar-refractivity contribution in [2.24, 2.45) is 0 Å². The van der Waals surface area contributed by atoms with E-state index in [0.717, 1.165) is 21.6 Å². The number of phenolic OH excluding ortho intramolecular Hbond substituents is 1. The zero-order valence-corrected chi connectivity index (χ0v) is 16.9. The zero-order valence-electron chi connectivity index (χ0n) is 15.3. The van der Waals surface area contributed by atoms with E-state index in [1.165, 1.54) is 16.9 Å². The SMILES string of the molecule is Cc1ccc(-c2c(C)sc3nc(/C(Cl)=C/c4cccc(O)c4)[nH]c(=O)c23)cc1. The number of aromatic amines is 1. The minimum Gasteiger partial charge on any atom is -0.508 e. The summed E-state index contributed by atoms with van der Waals surface area (Å²) in [5.74, 6) is 0.450. The Bertz CT molecular complexity index is 1270. The molecule has 6 heteroatoms. The maximum absolute atomic E-state index is 12.9. The van der Waals surface area contributed by atoms with Gasteiger partial charge in [0.15, 0.2) is 5.82 Å². The molecule has 0 radical (unpaired) electrons. The van der Waals surface area contributed by atoms with Crippen LogP contribution < -0.4 is 5.56 Å². The predicted molar refractivity (Wildman–Crippen MR) is 117 cm³/mol. The number of fused-ring (bicyclic) bond motifs is 1. The van der Waals surface area contributed by atoms with E-state index in [1.807, 2.05) is 44.2 Å². The number of rotatable bonds is 3. The fourth-order valence-electron chi connectivity index (χ4n) is 3.13. The number of halogens is 1. The van der Waals surface area contributed by atoms with Crippen LogP contribution in [0.25, 0.3) is 32.5 Å². The summed E-state index contributed by atoms with van der Waals surface area (Å²) >= 11 is 7.87. The Morgan fingerprint density at radius 2 is 1.93 bits per heavy atom. The lowest BCUT2D eigenvalue weighted by Gasteiger charge is -2.04. The van der Waals surface area contributed by atoms with E-state index in [9.17, 15) is 9.90 Å². The molecule has 2 heterocycles. The number of hydrogen-bond acceptors (Lipinski definition) is 4. The van der Waals surface area contributed by atoms with Crippen LogP contribution in [0, 0.1) is 13.8 Å². The highest BCUT2D eigenvalue weighted by Crippen LogP contribution is 2.36. The Morgan fingerprint density at radius 1 is 1.18 bits per heavy atom. The van der Waals surface area contributed by atoms with Crippen LogP contribution in [-0.4, -0.2) is 15.1 Å². The van der Waals surface area contributed by atoms with Crippen molar-refractivity contribution in [1.82, 2.24) is 9.97 Å². The largest absolute Gasteiger partial charge is 0.508 e. The van der Waals surface area contributed by atoms with Gasteiger partial charge in [0.2, 0.25) is 0 Å². The number of aromatic nitrogens is 2. The van der Waals surface area contributed by atoms with Crippen molar-refractivity contribution in [2.75, 3.05) is 0 Å². The van der Waals surface area contributed by atoms with Crippen molar-refractivity contribution in [3.63, 3.8) is 0 Å².